The van der Waals surface area contributed by atoms with Gasteiger partial charge in [0.15, 0.2) is 6.10 Å². The molecular formula is C8H8F2N2O2. The molecule has 1 amide bonds. The zero-order valence-electron chi connectivity index (χ0n) is 7.02. The lowest BCUT2D eigenvalue weighted by Gasteiger charge is -2.18. The number of nitrogens with zero attached hydrogens (tertiary/aromatic N) is 1. The first-order valence-corrected chi connectivity index (χ1v) is 3.72. The molecule has 1 rings (SSSR count). The van der Waals surface area contributed by atoms with Crippen LogP contribution in [0.25, 0.3) is 0 Å². The van der Waals surface area contributed by atoms with E-state index in [0.717, 1.165) is 6.20 Å². The maximum absolute atomic E-state index is 12.9. The highest BCUT2D eigenvalue weighted by atomic mass is 19.3. The molecule has 0 unspecified atom stereocenters. The van der Waals surface area contributed by atoms with Crippen molar-refractivity contribution in [1.82, 2.24) is 4.98 Å². The number of aromatic nitrogens is 1. The van der Waals surface area contributed by atoms with E-state index >= 15 is 0 Å². The van der Waals surface area contributed by atoms with Gasteiger partial charge < -0.3 is 10.8 Å². The van der Waals surface area contributed by atoms with E-state index in [1.165, 1.54) is 18.3 Å². The largest absolute Gasteiger partial charge is 0.381 e. The van der Waals surface area contributed by atoms with Gasteiger partial charge in [-0.15, -0.1) is 0 Å². The van der Waals surface area contributed by atoms with Crippen LogP contribution in [-0.2, 0) is 4.79 Å². The molecule has 0 aliphatic carbocycles. The minimum Gasteiger partial charge on any atom is -0.381 e. The Balaban J connectivity index is 2.96. The number of primary amides is 1. The predicted octanol–water partition coefficient (Wildman–Crippen LogP) is 0.236. The van der Waals surface area contributed by atoms with Gasteiger partial charge in [0.05, 0.1) is 0 Å². The highest BCUT2D eigenvalue weighted by Crippen LogP contribution is 2.30. The summed E-state index contributed by atoms with van der Waals surface area (Å²) in [6.07, 6.45) is 0.147. The van der Waals surface area contributed by atoms with Crippen LogP contribution in [0.1, 0.15) is 11.7 Å². The summed E-state index contributed by atoms with van der Waals surface area (Å²) in [5.74, 6) is -5.85. The molecule has 0 bridgehead atoms. The fourth-order valence-corrected chi connectivity index (χ4v) is 0.882. The number of hydrogen-bond acceptors (Lipinski definition) is 3. The number of hydrogen-bond donors (Lipinski definition) is 2. The van der Waals surface area contributed by atoms with Crippen LogP contribution in [0.15, 0.2) is 24.5 Å². The molecule has 3 N–H and O–H groups in total. The molecule has 0 spiro atoms. The van der Waals surface area contributed by atoms with Gasteiger partial charge in [0, 0.05) is 18.0 Å². The summed E-state index contributed by atoms with van der Waals surface area (Å²) in [6, 6.07) is 2.60. The fraction of sp³-hybridized carbons (Fsp3) is 0.250. The van der Waals surface area contributed by atoms with E-state index in [-0.39, 0.29) is 5.56 Å². The third kappa shape index (κ3) is 1.85. The molecule has 0 aliphatic heterocycles. The van der Waals surface area contributed by atoms with Crippen molar-refractivity contribution in [2.45, 2.75) is 12.0 Å². The Morgan fingerprint density at radius 1 is 1.64 bits per heavy atom. The Labute approximate surface area is 78.4 Å². The summed E-state index contributed by atoms with van der Waals surface area (Å²) in [7, 11) is 0. The average Bonchev–Trinajstić information content (AvgIpc) is 2.17. The Bertz CT molecular complexity index is 329. The quantitative estimate of drug-likeness (QED) is 0.736. The van der Waals surface area contributed by atoms with E-state index in [0.29, 0.717) is 0 Å². The van der Waals surface area contributed by atoms with Gasteiger partial charge in [-0.2, -0.15) is 8.78 Å². The number of aliphatic hydroxyl groups is 1. The first-order valence-electron chi connectivity index (χ1n) is 3.72. The first kappa shape index (κ1) is 10.5. The monoisotopic (exact) mass is 202 g/mol. The van der Waals surface area contributed by atoms with E-state index in [9.17, 15) is 13.6 Å². The van der Waals surface area contributed by atoms with Crippen LogP contribution in [0.3, 0.4) is 0 Å². The van der Waals surface area contributed by atoms with Crippen molar-refractivity contribution < 1.29 is 18.7 Å². The van der Waals surface area contributed by atoms with Crippen molar-refractivity contribution >= 4 is 5.91 Å². The SMILES string of the molecule is NC(=O)C(F)(F)[C@H](O)c1cccnc1. The fourth-order valence-electron chi connectivity index (χ4n) is 0.882. The summed E-state index contributed by atoms with van der Waals surface area (Å²) < 4.78 is 25.7. The Morgan fingerprint density at radius 3 is 2.71 bits per heavy atom. The van der Waals surface area contributed by atoms with E-state index in [4.69, 9.17) is 5.11 Å². The third-order valence-electron chi connectivity index (χ3n) is 1.67. The molecule has 76 valence electrons. The Morgan fingerprint density at radius 2 is 2.29 bits per heavy atom. The summed E-state index contributed by atoms with van der Waals surface area (Å²) >= 11 is 0. The lowest BCUT2D eigenvalue weighted by Crippen LogP contribution is -2.41. The molecule has 6 heteroatoms. The van der Waals surface area contributed by atoms with E-state index < -0.39 is 17.9 Å². The summed E-state index contributed by atoms with van der Waals surface area (Å²) in [5.41, 5.74) is 4.28. The highest BCUT2D eigenvalue weighted by molar-refractivity contribution is 5.82. The Hall–Kier alpha value is -1.56. The third-order valence-corrected chi connectivity index (χ3v) is 1.67. The number of halogens is 2. The lowest BCUT2D eigenvalue weighted by atomic mass is 10.1. The van der Waals surface area contributed by atoms with Gasteiger partial charge in [0.1, 0.15) is 0 Å². The molecule has 0 aromatic carbocycles. The van der Waals surface area contributed by atoms with Gasteiger partial charge in [0.25, 0.3) is 5.91 Å². The number of carbonyl (C=O) groups is 1. The molecule has 0 saturated heterocycles. The number of aliphatic hydroxyl groups excluding tert-OH is 1. The van der Waals surface area contributed by atoms with Crippen LogP contribution in [-0.4, -0.2) is 21.9 Å². The average molecular weight is 202 g/mol. The van der Waals surface area contributed by atoms with E-state index in [1.54, 1.807) is 0 Å². The van der Waals surface area contributed by atoms with Crippen LogP contribution < -0.4 is 5.73 Å². The van der Waals surface area contributed by atoms with Gasteiger partial charge in [-0.25, -0.2) is 0 Å². The van der Waals surface area contributed by atoms with Crippen LogP contribution in [0.2, 0.25) is 0 Å². The van der Waals surface area contributed by atoms with Crippen molar-refractivity contribution in [1.29, 1.82) is 0 Å². The number of amides is 1. The number of pyridine rings is 1. The number of carbonyl (C=O) groups excluding carboxylic acids is 1. The van der Waals surface area contributed by atoms with Crippen LogP contribution in [0, 0.1) is 0 Å². The zero-order chi connectivity index (χ0) is 10.8. The van der Waals surface area contributed by atoms with E-state index in [2.05, 4.69) is 10.7 Å². The van der Waals surface area contributed by atoms with Crippen LogP contribution >= 0.6 is 0 Å². The van der Waals surface area contributed by atoms with Crippen LogP contribution in [0.5, 0.6) is 0 Å². The molecule has 1 atom stereocenters. The minimum absolute atomic E-state index is 0.156. The molecule has 1 aromatic heterocycles. The molecule has 4 nitrogen and oxygen atoms in total. The minimum atomic E-state index is -3.98. The second-order valence-corrected chi connectivity index (χ2v) is 2.68. The topological polar surface area (TPSA) is 76.2 Å². The summed E-state index contributed by atoms with van der Waals surface area (Å²) in [6.45, 7) is 0. The highest BCUT2D eigenvalue weighted by Gasteiger charge is 2.45. The van der Waals surface area contributed by atoms with E-state index in [1.807, 2.05) is 0 Å². The number of rotatable bonds is 3. The van der Waals surface area contributed by atoms with Gasteiger partial charge in [0.2, 0.25) is 0 Å². The molecule has 0 saturated carbocycles. The molecule has 1 aromatic rings. The van der Waals surface area contributed by atoms with Gasteiger partial charge >= 0.3 is 5.92 Å². The molecule has 0 fully saturated rings. The summed E-state index contributed by atoms with van der Waals surface area (Å²) in [4.78, 5) is 13.9. The molecule has 1 heterocycles. The summed E-state index contributed by atoms with van der Waals surface area (Å²) in [5, 5.41) is 9.13. The van der Waals surface area contributed by atoms with Crippen LogP contribution in [0.4, 0.5) is 8.78 Å². The lowest BCUT2D eigenvalue weighted by molar-refractivity contribution is -0.160. The smallest absolute Gasteiger partial charge is 0.353 e. The maximum Gasteiger partial charge on any atom is 0.353 e. The second-order valence-electron chi connectivity index (χ2n) is 2.68. The number of alkyl halides is 2. The van der Waals surface area contributed by atoms with Crippen molar-refractivity contribution in [3.63, 3.8) is 0 Å². The normalized spacial score (nSPS) is 13.6. The standard InChI is InChI=1S/C8H8F2N2O2/c9-8(10,7(11)14)6(13)5-2-1-3-12-4-5/h1-4,6,13H,(H2,11,14)/t6-/m1/s1. The van der Waals surface area contributed by atoms with Crippen molar-refractivity contribution in [2.75, 3.05) is 0 Å². The molecule has 14 heavy (non-hydrogen) atoms. The number of nitrogens with two attached hydrogens (primary N) is 1. The molecule has 0 radical (unpaired) electrons. The van der Waals surface area contributed by atoms with Crippen molar-refractivity contribution in [3.05, 3.63) is 30.1 Å². The predicted molar refractivity (Wildman–Crippen MR) is 43.3 cm³/mol. The zero-order valence-corrected chi connectivity index (χ0v) is 7.02. The van der Waals surface area contributed by atoms with Gasteiger partial charge in [-0.1, -0.05) is 6.07 Å². The van der Waals surface area contributed by atoms with Crippen molar-refractivity contribution in [3.8, 4) is 0 Å². The second kappa shape index (κ2) is 3.67. The maximum atomic E-state index is 12.9. The van der Waals surface area contributed by atoms with Crippen molar-refractivity contribution in [2.24, 2.45) is 5.73 Å². The van der Waals surface area contributed by atoms with Gasteiger partial charge in [-0.05, 0) is 6.07 Å². The molecule has 0 aliphatic rings. The Kier molecular flexibility index (Phi) is 2.76. The molecular weight excluding hydrogens is 194 g/mol. The first-order chi connectivity index (χ1) is 6.46. The van der Waals surface area contributed by atoms with Gasteiger partial charge in [-0.3, -0.25) is 9.78 Å².